The fourth-order valence-electron chi connectivity index (χ4n) is 3.48. The summed E-state index contributed by atoms with van der Waals surface area (Å²) in [6, 6.07) is 8.24. The zero-order chi connectivity index (χ0) is 20.6. The number of nitrogens with one attached hydrogen (secondary N) is 2. The minimum Gasteiger partial charge on any atom is -0.379 e. The van der Waals surface area contributed by atoms with Crippen LogP contribution in [0.3, 0.4) is 0 Å². The number of aromatic nitrogens is 1. The van der Waals surface area contributed by atoms with E-state index in [0.717, 1.165) is 66.6 Å². The highest BCUT2D eigenvalue weighted by molar-refractivity contribution is 14.0. The highest BCUT2D eigenvalue weighted by Gasteiger charge is 2.24. The second-order valence-electron chi connectivity index (χ2n) is 7.00. The number of aliphatic imine (C=N–C) groups is 1. The summed E-state index contributed by atoms with van der Waals surface area (Å²) < 4.78 is 5.54. The lowest BCUT2D eigenvalue weighted by Crippen LogP contribution is -2.46. The summed E-state index contributed by atoms with van der Waals surface area (Å²) in [4.78, 5) is 12.9. The molecule has 3 rings (SSSR count). The molecule has 1 aromatic heterocycles. The van der Waals surface area contributed by atoms with Crippen molar-refractivity contribution in [1.29, 1.82) is 0 Å². The number of ether oxygens (including phenoxy) is 1. The third-order valence-corrected chi connectivity index (χ3v) is 6.34. The second-order valence-corrected chi connectivity index (χ2v) is 8.70. The minimum atomic E-state index is 0. The van der Waals surface area contributed by atoms with Gasteiger partial charge in [0.05, 0.1) is 36.5 Å². The van der Waals surface area contributed by atoms with Gasteiger partial charge in [-0.05, 0) is 32.4 Å². The quantitative estimate of drug-likeness (QED) is 0.301. The summed E-state index contributed by atoms with van der Waals surface area (Å²) in [5.41, 5.74) is 2.20. The number of morpholine rings is 1. The Labute approximate surface area is 205 Å². The smallest absolute Gasteiger partial charge is 0.191 e. The third-order valence-electron chi connectivity index (χ3n) is 4.94. The molecule has 0 amide bonds. The summed E-state index contributed by atoms with van der Waals surface area (Å²) in [6.07, 6.45) is 0. The minimum absolute atomic E-state index is 0. The van der Waals surface area contributed by atoms with Gasteiger partial charge in [0.15, 0.2) is 5.96 Å². The van der Waals surface area contributed by atoms with E-state index in [1.165, 1.54) is 4.88 Å². The van der Waals surface area contributed by atoms with Crippen LogP contribution >= 0.6 is 46.9 Å². The number of guanidine groups is 1. The van der Waals surface area contributed by atoms with E-state index < -0.39 is 0 Å². The summed E-state index contributed by atoms with van der Waals surface area (Å²) in [7, 11) is 0. The number of benzene rings is 1. The topological polar surface area (TPSA) is 61.8 Å². The second kappa shape index (κ2) is 12.8. The van der Waals surface area contributed by atoms with Gasteiger partial charge in [-0.3, -0.25) is 4.90 Å². The average Bonchev–Trinajstić information content (AvgIpc) is 3.05. The molecule has 0 aliphatic carbocycles. The Kier molecular flexibility index (Phi) is 10.8. The lowest BCUT2D eigenvalue weighted by molar-refractivity contribution is 0.0170. The summed E-state index contributed by atoms with van der Waals surface area (Å²) in [5, 5.41) is 8.75. The van der Waals surface area contributed by atoms with Gasteiger partial charge in [0.1, 0.15) is 0 Å². The van der Waals surface area contributed by atoms with Gasteiger partial charge in [-0.2, -0.15) is 0 Å². The molecular formula is C21H31ClIN5OS. The van der Waals surface area contributed by atoms with Crippen LogP contribution in [0, 0.1) is 13.8 Å². The molecule has 2 heterocycles. The Bertz CT molecular complexity index is 825. The zero-order valence-corrected chi connectivity index (χ0v) is 21.7. The van der Waals surface area contributed by atoms with E-state index in [-0.39, 0.29) is 30.0 Å². The molecule has 1 saturated heterocycles. The molecule has 9 heteroatoms. The maximum atomic E-state index is 6.54. The van der Waals surface area contributed by atoms with Gasteiger partial charge in [-0.15, -0.1) is 35.3 Å². The van der Waals surface area contributed by atoms with E-state index in [4.69, 9.17) is 21.3 Å². The number of halogens is 2. The van der Waals surface area contributed by atoms with Gasteiger partial charge >= 0.3 is 0 Å². The number of hydrogen-bond donors (Lipinski definition) is 2. The van der Waals surface area contributed by atoms with Crippen LogP contribution in [-0.4, -0.2) is 55.2 Å². The molecule has 0 spiro atoms. The monoisotopic (exact) mass is 563 g/mol. The fraction of sp³-hybridized carbons (Fsp3) is 0.524. The van der Waals surface area contributed by atoms with E-state index in [9.17, 15) is 0 Å². The van der Waals surface area contributed by atoms with Crippen molar-refractivity contribution in [3.05, 3.63) is 50.4 Å². The molecule has 1 atom stereocenters. The number of hydrogen-bond acceptors (Lipinski definition) is 5. The number of nitrogens with zero attached hydrogens (tertiary/aromatic N) is 3. The van der Waals surface area contributed by atoms with Crippen molar-refractivity contribution in [2.24, 2.45) is 4.99 Å². The number of rotatable bonds is 7. The first-order valence-corrected chi connectivity index (χ1v) is 11.3. The number of thiazole rings is 1. The van der Waals surface area contributed by atoms with Crippen LogP contribution in [-0.2, 0) is 11.3 Å². The van der Waals surface area contributed by atoms with E-state index in [1.807, 2.05) is 32.0 Å². The lowest BCUT2D eigenvalue weighted by Gasteiger charge is -2.35. The van der Waals surface area contributed by atoms with Crippen molar-refractivity contribution in [2.45, 2.75) is 33.4 Å². The first-order valence-electron chi connectivity index (χ1n) is 10.1. The maximum Gasteiger partial charge on any atom is 0.191 e. The van der Waals surface area contributed by atoms with Crippen LogP contribution in [0.2, 0.25) is 5.02 Å². The van der Waals surface area contributed by atoms with Crippen molar-refractivity contribution >= 4 is 52.9 Å². The van der Waals surface area contributed by atoms with Crippen molar-refractivity contribution in [2.75, 3.05) is 39.4 Å². The Morgan fingerprint density at radius 1 is 1.27 bits per heavy atom. The van der Waals surface area contributed by atoms with E-state index >= 15 is 0 Å². The van der Waals surface area contributed by atoms with Crippen molar-refractivity contribution in [1.82, 2.24) is 20.5 Å². The van der Waals surface area contributed by atoms with Crippen molar-refractivity contribution < 1.29 is 4.74 Å². The molecule has 1 aliphatic rings. The van der Waals surface area contributed by atoms with E-state index in [1.54, 1.807) is 11.3 Å². The largest absolute Gasteiger partial charge is 0.379 e. The Hall–Kier alpha value is -0.940. The molecule has 30 heavy (non-hydrogen) atoms. The van der Waals surface area contributed by atoms with Gasteiger partial charge in [0, 0.05) is 36.1 Å². The molecule has 1 fully saturated rings. The Morgan fingerprint density at radius 2 is 2.00 bits per heavy atom. The highest BCUT2D eigenvalue weighted by atomic mass is 127. The summed E-state index contributed by atoms with van der Waals surface area (Å²) in [5.74, 6) is 0.809. The zero-order valence-electron chi connectivity index (χ0n) is 17.8. The molecule has 1 aliphatic heterocycles. The third kappa shape index (κ3) is 7.05. The normalized spacial score (nSPS) is 16.1. The SMILES string of the molecule is CCNC(=NCc1sc(C)nc1C)NCC(c1ccccc1Cl)N1CCOCC1.I. The predicted molar refractivity (Wildman–Crippen MR) is 136 cm³/mol. The van der Waals surface area contributed by atoms with Crippen molar-refractivity contribution in [3.63, 3.8) is 0 Å². The first-order chi connectivity index (χ1) is 14.1. The van der Waals surface area contributed by atoms with Crippen LogP contribution in [0.4, 0.5) is 0 Å². The molecule has 166 valence electrons. The lowest BCUT2D eigenvalue weighted by atomic mass is 10.0. The van der Waals surface area contributed by atoms with Crippen LogP contribution in [0.25, 0.3) is 0 Å². The predicted octanol–water partition coefficient (Wildman–Crippen LogP) is 4.16. The van der Waals surface area contributed by atoms with E-state index in [2.05, 4.69) is 33.5 Å². The fourth-order valence-corrected chi connectivity index (χ4v) is 4.60. The van der Waals surface area contributed by atoms with Crippen LogP contribution < -0.4 is 10.6 Å². The Morgan fingerprint density at radius 3 is 2.63 bits per heavy atom. The van der Waals surface area contributed by atoms with Gasteiger partial charge in [-0.25, -0.2) is 9.98 Å². The molecule has 2 N–H and O–H groups in total. The summed E-state index contributed by atoms with van der Waals surface area (Å²) in [6.45, 7) is 11.6. The van der Waals surface area contributed by atoms with Gasteiger partial charge < -0.3 is 15.4 Å². The van der Waals surface area contributed by atoms with Crippen LogP contribution in [0.15, 0.2) is 29.3 Å². The van der Waals surface area contributed by atoms with Gasteiger partial charge in [0.2, 0.25) is 0 Å². The van der Waals surface area contributed by atoms with Gasteiger partial charge in [0.25, 0.3) is 0 Å². The maximum absolute atomic E-state index is 6.54. The Balaban J connectivity index is 0.00000320. The van der Waals surface area contributed by atoms with Crippen LogP contribution in [0.5, 0.6) is 0 Å². The van der Waals surface area contributed by atoms with Crippen LogP contribution in [0.1, 0.15) is 34.1 Å². The van der Waals surface area contributed by atoms with Crippen molar-refractivity contribution in [3.8, 4) is 0 Å². The average molecular weight is 564 g/mol. The molecule has 0 radical (unpaired) electrons. The molecular weight excluding hydrogens is 533 g/mol. The highest BCUT2D eigenvalue weighted by Crippen LogP contribution is 2.27. The summed E-state index contributed by atoms with van der Waals surface area (Å²) >= 11 is 8.25. The number of aryl methyl sites for hydroxylation is 2. The molecule has 6 nitrogen and oxygen atoms in total. The molecule has 1 unspecified atom stereocenters. The molecule has 2 aromatic rings. The molecule has 0 saturated carbocycles. The molecule has 0 bridgehead atoms. The molecule has 1 aromatic carbocycles. The standard InChI is InChI=1S/C21H30ClN5OS.HI/c1-4-23-21(25-14-20-15(2)26-16(3)29-20)24-13-19(27-9-11-28-12-10-27)17-7-5-6-8-18(17)22;/h5-8,19H,4,9-14H2,1-3H3,(H2,23,24,25);1H. The van der Waals surface area contributed by atoms with Gasteiger partial charge in [-0.1, -0.05) is 29.8 Å². The first kappa shape index (κ1) is 25.3. The van der Waals surface area contributed by atoms with E-state index in [0.29, 0.717) is 6.54 Å².